The van der Waals surface area contributed by atoms with Crippen molar-refractivity contribution in [2.24, 2.45) is 0 Å². The number of H-pyrrole nitrogens is 1. The van der Waals surface area contributed by atoms with Crippen LogP contribution in [-0.2, 0) is 16.1 Å². The maximum absolute atomic E-state index is 13.0. The zero-order valence-electron chi connectivity index (χ0n) is 17.1. The third-order valence-corrected chi connectivity index (χ3v) is 5.31. The minimum absolute atomic E-state index is 0.0543. The molecule has 1 aromatic heterocycles. The first-order chi connectivity index (χ1) is 14.8. The summed E-state index contributed by atoms with van der Waals surface area (Å²) in [6.45, 7) is 3.77. The van der Waals surface area contributed by atoms with E-state index in [2.05, 4.69) is 15.3 Å². The molecule has 3 aromatic rings. The van der Waals surface area contributed by atoms with Crippen molar-refractivity contribution >= 4 is 45.9 Å². The molecule has 0 spiro atoms. The van der Waals surface area contributed by atoms with Crippen molar-refractivity contribution in [3.63, 3.8) is 0 Å². The summed E-state index contributed by atoms with van der Waals surface area (Å²) in [5, 5.41) is 4.28. The molecule has 0 radical (unpaired) electrons. The molecule has 0 bridgehead atoms. The number of hydrogen-bond donors (Lipinski definition) is 2. The van der Waals surface area contributed by atoms with Gasteiger partial charge >= 0.3 is 0 Å². The minimum atomic E-state index is -0.501. The maximum Gasteiger partial charge on any atom is 0.258 e. The Bertz CT molecular complexity index is 1160. The fourth-order valence-electron chi connectivity index (χ4n) is 3.29. The molecule has 0 saturated carbocycles. The van der Waals surface area contributed by atoms with Crippen LogP contribution < -0.4 is 10.9 Å². The van der Waals surface area contributed by atoms with Gasteiger partial charge < -0.3 is 15.2 Å². The Hall–Kier alpha value is -2.90. The van der Waals surface area contributed by atoms with E-state index < -0.39 is 6.04 Å². The van der Waals surface area contributed by atoms with Gasteiger partial charge in [0.15, 0.2) is 0 Å². The normalized spacial score (nSPS) is 11.9. The predicted octanol–water partition coefficient (Wildman–Crippen LogP) is 3.85. The van der Waals surface area contributed by atoms with Crippen molar-refractivity contribution in [1.82, 2.24) is 20.2 Å². The van der Waals surface area contributed by atoms with Crippen LogP contribution in [0.4, 0.5) is 0 Å². The summed E-state index contributed by atoms with van der Waals surface area (Å²) >= 11 is 12.0. The quantitative estimate of drug-likeness (QED) is 0.559. The Morgan fingerprint density at radius 2 is 1.81 bits per heavy atom. The Balaban J connectivity index is 1.81. The van der Waals surface area contributed by atoms with Gasteiger partial charge in [0.05, 0.1) is 29.9 Å². The van der Waals surface area contributed by atoms with Crippen molar-refractivity contribution in [3.05, 3.63) is 74.3 Å². The average Bonchev–Trinajstić information content (AvgIpc) is 2.71. The number of aromatic nitrogens is 2. The van der Waals surface area contributed by atoms with Gasteiger partial charge in [-0.2, -0.15) is 0 Å². The van der Waals surface area contributed by atoms with Crippen LogP contribution in [0.25, 0.3) is 10.9 Å². The number of carbonyl (C=O) groups excluding carboxylic acids is 2. The molecule has 2 amide bonds. The van der Waals surface area contributed by atoms with Crippen molar-refractivity contribution < 1.29 is 9.59 Å². The molecular formula is C22H22Cl2N4O3. The van der Waals surface area contributed by atoms with Crippen LogP contribution in [0.2, 0.25) is 10.0 Å². The van der Waals surface area contributed by atoms with Crippen LogP contribution >= 0.6 is 23.2 Å². The Morgan fingerprint density at radius 3 is 2.45 bits per heavy atom. The van der Waals surface area contributed by atoms with E-state index in [-0.39, 0.29) is 30.3 Å². The standard InChI is InChI=1S/C22H22Cl2N4O3/c1-3-28(12-20-26-19-10-16(24)8-9-17(19)22(31)27-20)21(30)11-18(25-13(2)29)14-4-6-15(23)7-5-14/h4-10,18H,3,11-12H2,1-2H3,(H,25,29)(H,26,27,31)/t18-/m0/s1. The molecule has 9 heteroatoms. The highest BCUT2D eigenvalue weighted by Crippen LogP contribution is 2.21. The van der Waals surface area contributed by atoms with E-state index in [1.807, 2.05) is 6.92 Å². The predicted molar refractivity (Wildman–Crippen MR) is 121 cm³/mol. The van der Waals surface area contributed by atoms with Gasteiger partial charge in [0.2, 0.25) is 11.8 Å². The topological polar surface area (TPSA) is 95.2 Å². The zero-order valence-corrected chi connectivity index (χ0v) is 18.6. The van der Waals surface area contributed by atoms with Gasteiger partial charge in [-0.3, -0.25) is 14.4 Å². The molecule has 0 unspecified atom stereocenters. The monoisotopic (exact) mass is 460 g/mol. The maximum atomic E-state index is 13.0. The Kier molecular flexibility index (Phi) is 7.30. The molecule has 1 atom stereocenters. The van der Waals surface area contributed by atoms with E-state index in [9.17, 15) is 14.4 Å². The number of aromatic amines is 1. The lowest BCUT2D eigenvalue weighted by Crippen LogP contribution is -2.36. The molecule has 1 heterocycles. The first-order valence-electron chi connectivity index (χ1n) is 9.75. The summed E-state index contributed by atoms with van der Waals surface area (Å²) in [4.78, 5) is 45.8. The van der Waals surface area contributed by atoms with Gasteiger partial charge in [0.25, 0.3) is 5.56 Å². The van der Waals surface area contributed by atoms with E-state index in [4.69, 9.17) is 23.2 Å². The lowest BCUT2D eigenvalue weighted by atomic mass is 10.0. The van der Waals surface area contributed by atoms with E-state index >= 15 is 0 Å². The first kappa shape index (κ1) is 22.8. The molecule has 2 aromatic carbocycles. The number of amides is 2. The van der Waals surface area contributed by atoms with Crippen molar-refractivity contribution in [2.75, 3.05) is 6.54 Å². The van der Waals surface area contributed by atoms with Crippen LogP contribution in [0.5, 0.6) is 0 Å². The number of hydrogen-bond acceptors (Lipinski definition) is 4. The van der Waals surface area contributed by atoms with Crippen molar-refractivity contribution in [2.45, 2.75) is 32.9 Å². The number of halogens is 2. The Morgan fingerprint density at radius 1 is 1.13 bits per heavy atom. The molecule has 3 rings (SSSR count). The fourth-order valence-corrected chi connectivity index (χ4v) is 3.58. The zero-order chi connectivity index (χ0) is 22.5. The van der Waals surface area contributed by atoms with Gasteiger partial charge in [0, 0.05) is 23.5 Å². The second-order valence-electron chi connectivity index (χ2n) is 7.09. The largest absolute Gasteiger partial charge is 0.349 e. The van der Waals surface area contributed by atoms with Crippen LogP contribution in [0, 0.1) is 0 Å². The number of nitrogens with zero attached hydrogens (tertiary/aromatic N) is 2. The molecular weight excluding hydrogens is 439 g/mol. The highest BCUT2D eigenvalue weighted by molar-refractivity contribution is 6.31. The van der Waals surface area contributed by atoms with Crippen molar-refractivity contribution in [3.8, 4) is 0 Å². The summed E-state index contributed by atoms with van der Waals surface area (Å²) in [6.07, 6.45) is 0.0543. The van der Waals surface area contributed by atoms with Crippen LogP contribution in [0.15, 0.2) is 47.3 Å². The third-order valence-electron chi connectivity index (χ3n) is 4.82. The van der Waals surface area contributed by atoms with E-state index in [0.717, 1.165) is 5.56 Å². The van der Waals surface area contributed by atoms with Crippen LogP contribution in [0.1, 0.15) is 37.7 Å². The number of nitrogens with one attached hydrogen (secondary N) is 2. The van der Waals surface area contributed by atoms with Gasteiger partial charge in [-0.1, -0.05) is 35.3 Å². The second kappa shape index (κ2) is 9.94. The second-order valence-corrected chi connectivity index (χ2v) is 7.96. The van der Waals surface area contributed by atoms with Gasteiger partial charge in [-0.15, -0.1) is 0 Å². The Labute approximate surface area is 189 Å². The lowest BCUT2D eigenvalue weighted by molar-refractivity contribution is -0.132. The number of fused-ring (bicyclic) bond motifs is 1. The molecule has 0 aliphatic heterocycles. The number of carbonyl (C=O) groups is 2. The highest BCUT2D eigenvalue weighted by atomic mass is 35.5. The van der Waals surface area contributed by atoms with E-state index in [1.54, 1.807) is 47.4 Å². The summed E-state index contributed by atoms with van der Waals surface area (Å²) < 4.78 is 0. The lowest BCUT2D eigenvalue weighted by Gasteiger charge is -2.24. The van der Waals surface area contributed by atoms with E-state index in [0.29, 0.717) is 33.3 Å². The highest BCUT2D eigenvalue weighted by Gasteiger charge is 2.21. The van der Waals surface area contributed by atoms with Crippen LogP contribution in [-0.4, -0.2) is 33.2 Å². The smallest absolute Gasteiger partial charge is 0.258 e. The average molecular weight is 461 g/mol. The molecule has 0 fully saturated rings. The van der Waals surface area contributed by atoms with Gasteiger partial charge in [-0.25, -0.2) is 4.98 Å². The minimum Gasteiger partial charge on any atom is -0.349 e. The molecule has 0 aliphatic rings. The molecule has 31 heavy (non-hydrogen) atoms. The molecule has 0 aliphatic carbocycles. The summed E-state index contributed by atoms with van der Waals surface area (Å²) in [7, 11) is 0. The molecule has 162 valence electrons. The fraction of sp³-hybridized carbons (Fsp3) is 0.273. The third kappa shape index (κ3) is 5.83. The summed E-state index contributed by atoms with van der Waals surface area (Å²) in [5.41, 5.74) is 0.945. The summed E-state index contributed by atoms with van der Waals surface area (Å²) in [5.74, 6) is -0.0734. The van der Waals surface area contributed by atoms with Crippen LogP contribution in [0.3, 0.4) is 0 Å². The molecule has 2 N–H and O–H groups in total. The summed E-state index contributed by atoms with van der Waals surface area (Å²) in [6, 6.07) is 11.3. The molecule has 0 saturated heterocycles. The number of rotatable bonds is 7. The van der Waals surface area contributed by atoms with Gasteiger partial charge in [-0.05, 0) is 42.8 Å². The van der Waals surface area contributed by atoms with Crippen molar-refractivity contribution in [1.29, 1.82) is 0 Å². The molecule has 7 nitrogen and oxygen atoms in total. The van der Waals surface area contributed by atoms with Gasteiger partial charge in [0.1, 0.15) is 5.82 Å². The van der Waals surface area contributed by atoms with E-state index in [1.165, 1.54) is 6.92 Å². The first-order valence-corrected chi connectivity index (χ1v) is 10.5. The number of benzene rings is 2. The SMILES string of the molecule is CCN(Cc1nc2cc(Cl)ccc2c(=O)[nH]1)C(=O)C[C@H](NC(C)=O)c1ccc(Cl)cc1.